The second-order valence-corrected chi connectivity index (χ2v) is 7.17. The van der Waals surface area contributed by atoms with E-state index in [4.69, 9.17) is 14.7 Å². The Hall–Kier alpha value is -3.00. The highest BCUT2D eigenvalue weighted by atomic mass is 16.5. The predicted molar refractivity (Wildman–Crippen MR) is 114 cm³/mol. The average molecular weight is 395 g/mol. The van der Waals surface area contributed by atoms with Crippen molar-refractivity contribution in [2.75, 3.05) is 13.2 Å². The molecule has 1 N–H and O–H groups in total. The number of carbonyl (C=O) groups excluding carboxylic acids is 1. The standard InChI is InChI=1S/C24H30N2O3/c1-5-28-21-13-12-20(15-22(21)29-6-2)24(17(3)4)26-23(27)14-11-18-7-9-19(16-25)10-8-18/h7-10,12-13,15,17,24H,5-6,11,14H2,1-4H3,(H,26,27). The molecule has 2 aromatic carbocycles. The van der Waals surface area contributed by atoms with Gasteiger partial charge in [0.05, 0.1) is 30.9 Å². The minimum atomic E-state index is -0.113. The number of nitrogens with zero attached hydrogens (tertiary/aromatic N) is 1. The molecule has 1 atom stereocenters. The zero-order valence-electron chi connectivity index (χ0n) is 17.7. The normalized spacial score (nSPS) is 11.6. The zero-order valence-corrected chi connectivity index (χ0v) is 17.7. The van der Waals surface area contributed by atoms with E-state index in [1.54, 1.807) is 12.1 Å². The Kier molecular flexibility index (Phi) is 8.54. The van der Waals surface area contributed by atoms with Gasteiger partial charge in [0, 0.05) is 6.42 Å². The Labute approximate surface area is 173 Å². The molecule has 0 radical (unpaired) electrons. The van der Waals surface area contributed by atoms with Crippen molar-refractivity contribution < 1.29 is 14.3 Å². The molecule has 0 fully saturated rings. The largest absolute Gasteiger partial charge is 0.490 e. The monoisotopic (exact) mass is 394 g/mol. The molecule has 1 amide bonds. The Morgan fingerprint density at radius 1 is 1.03 bits per heavy atom. The summed E-state index contributed by atoms with van der Waals surface area (Å²) in [7, 11) is 0. The van der Waals surface area contributed by atoms with Gasteiger partial charge in [-0.15, -0.1) is 0 Å². The van der Waals surface area contributed by atoms with E-state index in [1.165, 1.54) is 0 Å². The van der Waals surface area contributed by atoms with Gasteiger partial charge < -0.3 is 14.8 Å². The SMILES string of the molecule is CCOc1ccc(C(NC(=O)CCc2ccc(C#N)cc2)C(C)C)cc1OCC. The lowest BCUT2D eigenvalue weighted by Gasteiger charge is -2.24. The van der Waals surface area contributed by atoms with Crippen LogP contribution in [0.4, 0.5) is 0 Å². The molecule has 0 spiro atoms. The Morgan fingerprint density at radius 3 is 2.28 bits per heavy atom. The van der Waals surface area contributed by atoms with Crippen molar-refractivity contribution in [1.29, 1.82) is 5.26 Å². The van der Waals surface area contributed by atoms with Crippen LogP contribution in [-0.2, 0) is 11.2 Å². The summed E-state index contributed by atoms with van der Waals surface area (Å²) in [6, 6.07) is 15.2. The Bertz CT molecular complexity index is 838. The number of carbonyl (C=O) groups is 1. The highest BCUT2D eigenvalue weighted by molar-refractivity contribution is 5.76. The van der Waals surface area contributed by atoms with E-state index >= 15 is 0 Å². The first-order valence-electron chi connectivity index (χ1n) is 10.2. The molecule has 0 aliphatic heterocycles. The molecule has 0 bridgehead atoms. The summed E-state index contributed by atoms with van der Waals surface area (Å²) in [4.78, 5) is 12.6. The molecule has 5 nitrogen and oxygen atoms in total. The number of nitriles is 1. The molecular formula is C24H30N2O3. The van der Waals surface area contributed by atoms with Crippen LogP contribution in [0, 0.1) is 17.2 Å². The quantitative estimate of drug-likeness (QED) is 0.628. The van der Waals surface area contributed by atoms with E-state index in [1.807, 2.05) is 44.2 Å². The molecule has 5 heteroatoms. The third kappa shape index (κ3) is 6.53. The van der Waals surface area contributed by atoms with Gasteiger partial charge in [-0.3, -0.25) is 4.79 Å². The lowest BCUT2D eigenvalue weighted by atomic mass is 9.95. The molecule has 154 valence electrons. The van der Waals surface area contributed by atoms with Crippen molar-refractivity contribution in [3.63, 3.8) is 0 Å². The van der Waals surface area contributed by atoms with Crippen molar-refractivity contribution in [3.8, 4) is 17.6 Å². The van der Waals surface area contributed by atoms with E-state index in [0.717, 1.165) is 11.1 Å². The van der Waals surface area contributed by atoms with Crippen molar-refractivity contribution in [2.45, 2.75) is 46.6 Å². The third-order valence-electron chi connectivity index (χ3n) is 4.63. The van der Waals surface area contributed by atoms with E-state index in [9.17, 15) is 4.79 Å². The summed E-state index contributed by atoms with van der Waals surface area (Å²) in [6.07, 6.45) is 1.03. The molecule has 0 saturated heterocycles. The van der Waals surface area contributed by atoms with Crippen LogP contribution in [0.1, 0.15) is 56.8 Å². The van der Waals surface area contributed by atoms with Gasteiger partial charge in [0.1, 0.15) is 0 Å². The van der Waals surface area contributed by atoms with Gasteiger partial charge >= 0.3 is 0 Å². The second-order valence-electron chi connectivity index (χ2n) is 7.17. The van der Waals surface area contributed by atoms with E-state index in [0.29, 0.717) is 43.1 Å². The molecule has 2 rings (SSSR count). The van der Waals surface area contributed by atoms with Crippen molar-refractivity contribution in [1.82, 2.24) is 5.32 Å². The number of nitrogens with one attached hydrogen (secondary N) is 1. The minimum absolute atomic E-state index is 0.0000886. The number of hydrogen-bond acceptors (Lipinski definition) is 4. The summed E-state index contributed by atoms with van der Waals surface area (Å²) >= 11 is 0. The summed E-state index contributed by atoms with van der Waals surface area (Å²) < 4.78 is 11.4. The Balaban J connectivity index is 2.07. The van der Waals surface area contributed by atoms with Crippen molar-refractivity contribution >= 4 is 5.91 Å². The smallest absolute Gasteiger partial charge is 0.220 e. The topological polar surface area (TPSA) is 71.3 Å². The number of amides is 1. The average Bonchev–Trinajstić information content (AvgIpc) is 2.72. The molecular weight excluding hydrogens is 364 g/mol. The van der Waals surface area contributed by atoms with Gasteiger partial charge in [-0.05, 0) is 61.6 Å². The third-order valence-corrected chi connectivity index (χ3v) is 4.63. The van der Waals surface area contributed by atoms with Crippen LogP contribution >= 0.6 is 0 Å². The van der Waals surface area contributed by atoms with Gasteiger partial charge in [-0.2, -0.15) is 5.26 Å². The lowest BCUT2D eigenvalue weighted by Crippen LogP contribution is -2.32. The van der Waals surface area contributed by atoms with Crippen LogP contribution < -0.4 is 14.8 Å². The van der Waals surface area contributed by atoms with Crippen LogP contribution in [0.3, 0.4) is 0 Å². The molecule has 0 aliphatic carbocycles. The first-order chi connectivity index (χ1) is 14.0. The Morgan fingerprint density at radius 2 is 1.69 bits per heavy atom. The van der Waals surface area contributed by atoms with Crippen molar-refractivity contribution in [3.05, 3.63) is 59.2 Å². The van der Waals surface area contributed by atoms with E-state index in [-0.39, 0.29) is 17.9 Å². The van der Waals surface area contributed by atoms with Crippen LogP contribution in [-0.4, -0.2) is 19.1 Å². The molecule has 0 heterocycles. The zero-order chi connectivity index (χ0) is 21.2. The summed E-state index contributed by atoms with van der Waals surface area (Å²) in [5.41, 5.74) is 2.66. The molecule has 0 aromatic heterocycles. The van der Waals surface area contributed by atoms with Gasteiger partial charge in [-0.25, -0.2) is 0 Å². The van der Waals surface area contributed by atoms with Gasteiger partial charge in [0.2, 0.25) is 5.91 Å². The lowest BCUT2D eigenvalue weighted by molar-refractivity contribution is -0.122. The fourth-order valence-electron chi connectivity index (χ4n) is 3.15. The maximum atomic E-state index is 12.6. The molecule has 0 aliphatic rings. The summed E-state index contributed by atoms with van der Waals surface area (Å²) in [6.45, 7) is 9.17. The minimum Gasteiger partial charge on any atom is -0.490 e. The number of aryl methyl sites for hydroxylation is 1. The first-order valence-corrected chi connectivity index (χ1v) is 10.2. The fraction of sp³-hybridized carbons (Fsp3) is 0.417. The van der Waals surface area contributed by atoms with Crippen LogP contribution in [0.2, 0.25) is 0 Å². The molecule has 0 saturated carbocycles. The fourth-order valence-corrected chi connectivity index (χ4v) is 3.15. The van der Waals surface area contributed by atoms with E-state index in [2.05, 4.69) is 25.2 Å². The number of rotatable bonds is 10. The first kappa shape index (κ1) is 22.3. The number of benzene rings is 2. The molecule has 29 heavy (non-hydrogen) atoms. The van der Waals surface area contributed by atoms with E-state index < -0.39 is 0 Å². The highest BCUT2D eigenvalue weighted by Gasteiger charge is 2.20. The summed E-state index contributed by atoms with van der Waals surface area (Å²) in [5.74, 6) is 1.64. The van der Waals surface area contributed by atoms with Crippen LogP contribution in [0.25, 0.3) is 0 Å². The van der Waals surface area contributed by atoms with Crippen LogP contribution in [0.5, 0.6) is 11.5 Å². The second kappa shape index (κ2) is 11.1. The maximum absolute atomic E-state index is 12.6. The molecule has 1 unspecified atom stereocenters. The van der Waals surface area contributed by atoms with Crippen molar-refractivity contribution in [2.24, 2.45) is 5.92 Å². The van der Waals surface area contributed by atoms with Gasteiger partial charge in [0.25, 0.3) is 0 Å². The highest BCUT2D eigenvalue weighted by Crippen LogP contribution is 2.33. The predicted octanol–water partition coefficient (Wildman–Crippen LogP) is 4.80. The maximum Gasteiger partial charge on any atom is 0.220 e. The number of hydrogen-bond donors (Lipinski definition) is 1. The van der Waals surface area contributed by atoms with Gasteiger partial charge in [0.15, 0.2) is 11.5 Å². The summed E-state index contributed by atoms with van der Waals surface area (Å²) in [5, 5.41) is 12.0. The molecule has 2 aromatic rings. The number of ether oxygens (including phenoxy) is 2. The van der Waals surface area contributed by atoms with Crippen LogP contribution in [0.15, 0.2) is 42.5 Å². The van der Waals surface area contributed by atoms with Gasteiger partial charge in [-0.1, -0.05) is 32.0 Å².